The average Bonchev–Trinajstić information content (AvgIpc) is 2.83. The number of rotatable bonds is 4. The van der Waals surface area contributed by atoms with Crippen molar-refractivity contribution in [2.24, 2.45) is 17.6 Å². The van der Waals surface area contributed by atoms with Crippen LogP contribution in [0.25, 0.3) is 0 Å². The van der Waals surface area contributed by atoms with E-state index in [0.717, 1.165) is 18.4 Å². The molecule has 1 aliphatic heterocycles. The molecule has 5 heteroatoms. The number of sulfone groups is 1. The summed E-state index contributed by atoms with van der Waals surface area (Å²) in [6.07, 6.45) is 4.90. The first-order valence-corrected chi connectivity index (χ1v) is 7.34. The second-order valence-electron chi connectivity index (χ2n) is 4.49. The van der Waals surface area contributed by atoms with Gasteiger partial charge in [-0.1, -0.05) is 0 Å². The third kappa shape index (κ3) is 2.65. The van der Waals surface area contributed by atoms with Gasteiger partial charge in [0, 0.05) is 0 Å². The quantitative estimate of drug-likeness (QED) is 0.850. The number of nitrogens with two attached hydrogens (primary N) is 1. The Morgan fingerprint density at radius 2 is 2.38 bits per heavy atom. The van der Waals surface area contributed by atoms with Gasteiger partial charge in [0.1, 0.15) is 0 Å². The van der Waals surface area contributed by atoms with Gasteiger partial charge in [0.05, 0.1) is 24.0 Å². The molecule has 16 heavy (non-hydrogen) atoms. The smallest absolute Gasteiger partial charge is 0.150 e. The summed E-state index contributed by atoms with van der Waals surface area (Å²) in [6, 6.07) is 1.91. The van der Waals surface area contributed by atoms with Gasteiger partial charge < -0.3 is 10.2 Å². The van der Waals surface area contributed by atoms with Gasteiger partial charge in [-0.3, -0.25) is 0 Å². The number of hydrogen-bond acceptors (Lipinski definition) is 4. The van der Waals surface area contributed by atoms with Gasteiger partial charge in [0.2, 0.25) is 0 Å². The standard InChI is InChI=1S/C11H17NO3S/c12-6-11(5-9-1-3-15-7-9)10-2-4-16(13,14)8-10/h1,3,7,10-11H,2,4-6,8,12H2. The van der Waals surface area contributed by atoms with Crippen molar-refractivity contribution < 1.29 is 12.8 Å². The van der Waals surface area contributed by atoms with E-state index in [1.54, 1.807) is 12.5 Å². The van der Waals surface area contributed by atoms with Gasteiger partial charge in [-0.15, -0.1) is 0 Å². The minimum atomic E-state index is -2.81. The lowest BCUT2D eigenvalue weighted by Gasteiger charge is -2.19. The molecule has 0 aliphatic carbocycles. The lowest BCUT2D eigenvalue weighted by atomic mass is 9.87. The van der Waals surface area contributed by atoms with Crippen LogP contribution in [0.1, 0.15) is 12.0 Å². The number of furan rings is 1. The molecule has 1 aliphatic rings. The van der Waals surface area contributed by atoms with Crippen molar-refractivity contribution in [2.75, 3.05) is 18.1 Å². The van der Waals surface area contributed by atoms with E-state index in [0.29, 0.717) is 18.1 Å². The van der Waals surface area contributed by atoms with Crippen LogP contribution in [0, 0.1) is 11.8 Å². The van der Waals surface area contributed by atoms with E-state index < -0.39 is 9.84 Å². The van der Waals surface area contributed by atoms with E-state index in [4.69, 9.17) is 10.2 Å². The van der Waals surface area contributed by atoms with E-state index in [9.17, 15) is 8.42 Å². The van der Waals surface area contributed by atoms with E-state index in [2.05, 4.69) is 0 Å². The normalized spacial score (nSPS) is 25.7. The molecule has 1 aromatic heterocycles. The summed E-state index contributed by atoms with van der Waals surface area (Å²) in [6.45, 7) is 0.533. The van der Waals surface area contributed by atoms with Crippen LogP contribution in [0.4, 0.5) is 0 Å². The van der Waals surface area contributed by atoms with E-state index in [-0.39, 0.29) is 11.8 Å². The zero-order chi connectivity index (χ0) is 11.6. The van der Waals surface area contributed by atoms with Crippen LogP contribution in [-0.2, 0) is 16.3 Å². The summed E-state index contributed by atoms with van der Waals surface area (Å²) >= 11 is 0. The Kier molecular flexibility index (Phi) is 3.35. The summed E-state index contributed by atoms with van der Waals surface area (Å²) in [5.41, 5.74) is 6.83. The molecule has 0 aromatic carbocycles. The maximum Gasteiger partial charge on any atom is 0.150 e. The molecule has 90 valence electrons. The summed E-state index contributed by atoms with van der Waals surface area (Å²) < 4.78 is 27.8. The highest BCUT2D eigenvalue weighted by Gasteiger charge is 2.33. The van der Waals surface area contributed by atoms with Gasteiger partial charge in [0.25, 0.3) is 0 Å². The van der Waals surface area contributed by atoms with Gasteiger partial charge in [-0.05, 0) is 42.9 Å². The molecule has 1 aromatic rings. The SMILES string of the molecule is NCC(Cc1ccoc1)C1CCS(=O)(=O)C1. The van der Waals surface area contributed by atoms with Crippen molar-refractivity contribution in [2.45, 2.75) is 12.8 Å². The highest BCUT2D eigenvalue weighted by molar-refractivity contribution is 7.91. The lowest BCUT2D eigenvalue weighted by molar-refractivity contribution is 0.369. The molecule has 4 nitrogen and oxygen atoms in total. The number of hydrogen-bond donors (Lipinski definition) is 1. The van der Waals surface area contributed by atoms with Gasteiger partial charge in [0.15, 0.2) is 9.84 Å². The Morgan fingerprint density at radius 3 is 2.88 bits per heavy atom. The van der Waals surface area contributed by atoms with E-state index >= 15 is 0 Å². The third-order valence-corrected chi connectivity index (χ3v) is 5.11. The monoisotopic (exact) mass is 243 g/mol. The predicted octanol–water partition coefficient (Wildman–Crippen LogP) is 0.832. The molecular formula is C11H17NO3S. The fraction of sp³-hybridized carbons (Fsp3) is 0.636. The van der Waals surface area contributed by atoms with Crippen molar-refractivity contribution in [3.05, 3.63) is 24.2 Å². The van der Waals surface area contributed by atoms with Crippen LogP contribution >= 0.6 is 0 Å². The molecule has 0 amide bonds. The molecule has 2 N–H and O–H groups in total. The van der Waals surface area contributed by atoms with E-state index in [1.165, 1.54) is 0 Å². The van der Waals surface area contributed by atoms with Gasteiger partial charge in [-0.2, -0.15) is 0 Å². The summed E-state index contributed by atoms with van der Waals surface area (Å²) in [4.78, 5) is 0. The molecule has 0 spiro atoms. The van der Waals surface area contributed by atoms with Crippen LogP contribution in [0.3, 0.4) is 0 Å². The van der Waals surface area contributed by atoms with Crippen LogP contribution in [0.5, 0.6) is 0 Å². The Bertz CT molecular complexity index is 424. The maximum atomic E-state index is 11.4. The second kappa shape index (κ2) is 4.59. The van der Waals surface area contributed by atoms with Crippen molar-refractivity contribution in [3.8, 4) is 0 Å². The molecular weight excluding hydrogens is 226 g/mol. The molecule has 2 atom stereocenters. The lowest BCUT2D eigenvalue weighted by Crippen LogP contribution is -2.26. The minimum absolute atomic E-state index is 0.213. The first-order valence-electron chi connectivity index (χ1n) is 5.52. The molecule has 0 radical (unpaired) electrons. The van der Waals surface area contributed by atoms with E-state index in [1.807, 2.05) is 6.07 Å². The Hall–Kier alpha value is -0.810. The molecule has 0 bridgehead atoms. The van der Waals surface area contributed by atoms with Crippen LogP contribution in [0.15, 0.2) is 23.0 Å². The Morgan fingerprint density at radius 1 is 1.56 bits per heavy atom. The first-order chi connectivity index (χ1) is 7.61. The average molecular weight is 243 g/mol. The fourth-order valence-electron chi connectivity index (χ4n) is 2.35. The zero-order valence-corrected chi connectivity index (χ0v) is 9.95. The first kappa shape index (κ1) is 11.7. The second-order valence-corrected chi connectivity index (χ2v) is 6.72. The summed E-state index contributed by atoms with van der Waals surface area (Å²) in [5.74, 6) is 1.08. The topological polar surface area (TPSA) is 73.3 Å². The summed E-state index contributed by atoms with van der Waals surface area (Å²) in [7, 11) is -2.81. The van der Waals surface area contributed by atoms with Gasteiger partial charge >= 0.3 is 0 Å². The molecule has 1 fully saturated rings. The largest absolute Gasteiger partial charge is 0.472 e. The van der Waals surface area contributed by atoms with Gasteiger partial charge in [-0.25, -0.2) is 8.42 Å². The van der Waals surface area contributed by atoms with Crippen LogP contribution in [-0.4, -0.2) is 26.5 Å². The van der Waals surface area contributed by atoms with Crippen molar-refractivity contribution >= 4 is 9.84 Å². The molecule has 2 unspecified atom stereocenters. The zero-order valence-electron chi connectivity index (χ0n) is 9.13. The molecule has 1 saturated heterocycles. The third-order valence-electron chi connectivity index (χ3n) is 3.32. The highest BCUT2D eigenvalue weighted by Crippen LogP contribution is 2.28. The van der Waals surface area contributed by atoms with Crippen LogP contribution < -0.4 is 5.73 Å². The molecule has 2 rings (SSSR count). The fourth-order valence-corrected chi connectivity index (χ4v) is 4.27. The summed E-state index contributed by atoms with van der Waals surface area (Å²) in [5, 5.41) is 0. The Labute approximate surface area is 95.7 Å². The minimum Gasteiger partial charge on any atom is -0.472 e. The predicted molar refractivity (Wildman–Crippen MR) is 61.7 cm³/mol. The Balaban J connectivity index is 2.01. The molecule has 0 saturated carbocycles. The highest BCUT2D eigenvalue weighted by atomic mass is 32.2. The maximum absolute atomic E-state index is 11.4. The van der Waals surface area contributed by atoms with Crippen LogP contribution in [0.2, 0.25) is 0 Å². The van der Waals surface area contributed by atoms with Crippen molar-refractivity contribution in [3.63, 3.8) is 0 Å². The molecule has 2 heterocycles. The van der Waals surface area contributed by atoms with Crippen molar-refractivity contribution in [1.82, 2.24) is 0 Å². The van der Waals surface area contributed by atoms with Crippen molar-refractivity contribution in [1.29, 1.82) is 0 Å².